The zero-order valence-corrected chi connectivity index (χ0v) is 22.3. The fourth-order valence-corrected chi connectivity index (χ4v) is 8.09. The van der Waals surface area contributed by atoms with Crippen LogP contribution in [0.5, 0.6) is 0 Å². The predicted octanol–water partition coefficient (Wildman–Crippen LogP) is 3.51. The highest BCUT2D eigenvalue weighted by molar-refractivity contribution is 6.92. The molecule has 1 aromatic rings. The molecule has 0 bridgehead atoms. The van der Waals surface area contributed by atoms with Gasteiger partial charge < -0.3 is 17.7 Å². The second-order valence-corrected chi connectivity index (χ2v) is 18.9. The van der Waals surface area contributed by atoms with Gasteiger partial charge >= 0.3 is 17.1 Å². The first kappa shape index (κ1) is 27.2. The Balaban J connectivity index is 0.00000165. The Morgan fingerprint density at radius 3 is 1.29 bits per heavy atom. The van der Waals surface area contributed by atoms with Crippen molar-refractivity contribution in [1.29, 1.82) is 0 Å². The van der Waals surface area contributed by atoms with Crippen molar-refractivity contribution in [3.05, 3.63) is 43.5 Å². The molecule has 0 atom stereocenters. The Bertz CT molecular complexity index is 588. The second kappa shape index (κ2) is 12.0. The number of rotatable bonds is 10. The Labute approximate surface area is 176 Å². The van der Waals surface area contributed by atoms with Crippen LogP contribution in [-0.2, 0) is 17.7 Å². The summed E-state index contributed by atoms with van der Waals surface area (Å²) in [6.45, 7) is 18.3. The van der Waals surface area contributed by atoms with Crippen molar-refractivity contribution in [3.8, 4) is 0 Å². The first-order valence-electron chi connectivity index (χ1n) is 9.63. The average molecular weight is 441 g/mol. The molecule has 0 aromatic heterocycles. The highest BCUT2D eigenvalue weighted by atomic mass is 28.4. The van der Waals surface area contributed by atoms with E-state index in [2.05, 4.69) is 64.5 Å². The van der Waals surface area contributed by atoms with Crippen LogP contribution in [0.2, 0.25) is 32.2 Å². The Hall–Kier alpha value is -0.809. The van der Waals surface area contributed by atoms with Gasteiger partial charge in [0.05, 0.1) is 8.07 Å². The largest absolute Gasteiger partial charge is 0.394 e. The standard InChI is InChI=1S/C17H32O4Si3.C4H8/c1-10-11-22(6,7)15-12-16(23(8,18-2)19-3)14-17(13-15)24(9,20-4)21-5;1-3-4-2/h10,12-14H,1,11H2,2-9H3;3H,1,4H2,2H3. The summed E-state index contributed by atoms with van der Waals surface area (Å²) in [5.74, 6) is 0. The van der Waals surface area contributed by atoms with Crippen molar-refractivity contribution in [2.45, 2.75) is 45.6 Å². The minimum absolute atomic E-state index is 1.02. The minimum Gasteiger partial charge on any atom is -0.394 e. The van der Waals surface area contributed by atoms with Crippen molar-refractivity contribution in [2.24, 2.45) is 0 Å². The van der Waals surface area contributed by atoms with Gasteiger partial charge in [-0.3, -0.25) is 0 Å². The zero-order chi connectivity index (χ0) is 22.0. The molecule has 160 valence electrons. The van der Waals surface area contributed by atoms with Crippen LogP contribution in [0.3, 0.4) is 0 Å². The van der Waals surface area contributed by atoms with E-state index < -0.39 is 25.2 Å². The maximum atomic E-state index is 5.78. The lowest BCUT2D eigenvalue weighted by molar-refractivity contribution is 0.264. The third-order valence-corrected chi connectivity index (χ3v) is 14.2. The zero-order valence-electron chi connectivity index (χ0n) is 19.3. The average Bonchev–Trinajstić information content (AvgIpc) is 2.72. The molecular weight excluding hydrogens is 400 g/mol. The summed E-state index contributed by atoms with van der Waals surface area (Å²) < 4.78 is 23.1. The van der Waals surface area contributed by atoms with E-state index in [0.29, 0.717) is 0 Å². The van der Waals surface area contributed by atoms with Crippen molar-refractivity contribution in [2.75, 3.05) is 28.4 Å². The van der Waals surface area contributed by atoms with Gasteiger partial charge in [-0.25, -0.2) is 0 Å². The summed E-state index contributed by atoms with van der Waals surface area (Å²) in [5.41, 5.74) is 0. The summed E-state index contributed by atoms with van der Waals surface area (Å²) in [7, 11) is 0.363. The van der Waals surface area contributed by atoms with Gasteiger partial charge in [0.25, 0.3) is 0 Å². The first-order chi connectivity index (χ1) is 13.0. The lowest BCUT2D eigenvalue weighted by atomic mass is 10.3. The molecule has 0 aliphatic carbocycles. The van der Waals surface area contributed by atoms with E-state index in [-0.39, 0.29) is 0 Å². The van der Waals surface area contributed by atoms with Gasteiger partial charge in [0.2, 0.25) is 0 Å². The molecule has 0 unspecified atom stereocenters. The van der Waals surface area contributed by atoms with E-state index in [0.717, 1.165) is 22.8 Å². The fraction of sp³-hybridized carbons (Fsp3) is 0.524. The fourth-order valence-electron chi connectivity index (χ4n) is 2.66. The molecule has 0 aliphatic heterocycles. The summed E-state index contributed by atoms with van der Waals surface area (Å²) in [5, 5.41) is 3.60. The van der Waals surface area contributed by atoms with Crippen LogP contribution >= 0.6 is 0 Å². The molecule has 0 radical (unpaired) electrons. The first-order valence-corrected chi connectivity index (χ1v) is 17.5. The molecule has 0 fully saturated rings. The van der Waals surface area contributed by atoms with Crippen LogP contribution in [0.25, 0.3) is 0 Å². The van der Waals surface area contributed by atoms with E-state index in [4.69, 9.17) is 17.7 Å². The van der Waals surface area contributed by atoms with Crippen LogP contribution in [-0.4, -0.2) is 53.6 Å². The highest BCUT2D eigenvalue weighted by Crippen LogP contribution is 2.13. The number of hydrogen-bond acceptors (Lipinski definition) is 4. The van der Waals surface area contributed by atoms with Crippen molar-refractivity contribution >= 4 is 40.8 Å². The molecule has 0 saturated heterocycles. The maximum Gasteiger partial charge on any atom is 0.368 e. The topological polar surface area (TPSA) is 36.9 Å². The van der Waals surface area contributed by atoms with E-state index in [1.54, 1.807) is 28.4 Å². The molecule has 0 aliphatic rings. The van der Waals surface area contributed by atoms with Gasteiger partial charge in [-0.15, -0.1) is 13.2 Å². The smallest absolute Gasteiger partial charge is 0.368 e. The third-order valence-electron chi connectivity index (χ3n) is 5.26. The SMILES string of the molecule is C=CCC.C=CC[Si](C)(C)c1cc([Si](C)(OC)OC)cc([Si](C)(OC)OC)c1. The monoisotopic (exact) mass is 440 g/mol. The van der Waals surface area contributed by atoms with Gasteiger partial charge in [-0.1, -0.05) is 55.6 Å². The quantitative estimate of drug-likeness (QED) is 0.412. The highest BCUT2D eigenvalue weighted by Gasteiger charge is 2.39. The summed E-state index contributed by atoms with van der Waals surface area (Å²) >= 11 is 0. The molecule has 1 aromatic carbocycles. The van der Waals surface area contributed by atoms with Gasteiger partial charge in [0, 0.05) is 28.4 Å². The lowest BCUT2D eigenvalue weighted by Gasteiger charge is -2.31. The molecule has 28 heavy (non-hydrogen) atoms. The normalized spacial score (nSPS) is 12.2. The van der Waals surface area contributed by atoms with Crippen molar-refractivity contribution in [3.63, 3.8) is 0 Å². The van der Waals surface area contributed by atoms with Crippen LogP contribution in [0.1, 0.15) is 13.3 Å². The van der Waals surface area contributed by atoms with Crippen LogP contribution in [0, 0.1) is 0 Å². The minimum atomic E-state index is -2.43. The molecule has 4 nitrogen and oxygen atoms in total. The Kier molecular flexibility index (Phi) is 11.7. The molecular formula is C21H40O4Si3. The van der Waals surface area contributed by atoms with Gasteiger partial charge in [-0.2, -0.15) is 0 Å². The van der Waals surface area contributed by atoms with E-state index in [1.165, 1.54) is 5.19 Å². The van der Waals surface area contributed by atoms with Gasteiger partial charge in [0.15, 0.2) is 0 Å². The third kappa shape index (κ3) is 6.91. The molecule has 1 rings (SSSR count). The van der Waals surface area contributed by atoms with Gasteiger partial charge in [-0.05, 0) is 35.9 Å². The summed E-state index contributed by atoms with van der Waals surface area (Å²) in [6, 6.07) is 7.70. The molecule has 0 amide bonds. The molecule has 0 N–H and O–H groups in total. The predicted molar refractivity (Wildman–Crippen MR) is 130 cm³/mol. The molecule has 0 heterocycles. The van der Waals surface area contributed by atoms with Gasteiger partial charge in [0.1, 0.15) is 0 Å². The number of allylic oxidation sites excluding steroid dienone is 2. The van der Waals surface area contributed by atoms with E-state index in [9.17, 15) is 0 Å². The number of benzene rings is 1. The van der Waals surface area contributed by atoms with Crippen molar-refractivity contribution in [1.82, 2.24) is 0 Å². The van der Waals surface area contributed by atoms with E-state index in [1.807, 2.05) is 12.2 Å². The molecule has 7 heteroatoms. The Morgan fingerprint density at radius 2 is 1.04 bits per heavy atom. The number of hydrogen-bond donors (Lipinski definition) is 0. The Morgan fingerprint density at radius 1 is 0.714 bits per heavy atom. The van der Waals surface area contributed by atoms with Crippen LogP contribution < -0.4 is 15.6 Å². The molecule has 0 saturated carbocycles. The van der Waals surface area contributed by atoms with Crippen LogP contribution in [0.4, 0.5) is 0 Å². The lowest BCUT2D eigenvalue weighted by Crippen LogP contribution is -2.58. The second-order valence-electron chi connectivity index (χ2n) is 7.58. The summed E-state index contributed by atoms with van der Waals surface area (Å²) in [4.78, 5) is 0. The van der Waals surface area contributed by atoms with E-state index >= 15 is 0 Å². The van der Waals surface area contributed by atoms with Crippen LogP contribution in [0.15, 0.2) is 43.5 Å². The van der Waals surface area contributed by atoms with Crippen molar-refractivity contribution < 1.29 is 17.7 Å². The summed E-state index contributed by atoms with van der Waals surface area (Å²) in [6.07, 6.45) is 4.98. The molecule has 0 spiro atoms. The maximum absolute atomic E-state index is 5.78.